The van der Waals surface area contributed by atoms with E-state index in [0.29, 0.717) is 17.5 Å². The maximum absolute atomic E-state index is 11.5. The van der Waals surface area contributed by atoms with Gasteiger partial charge in [0.2, 0.25) is 0 Å². The Balaban J connectivity index is 1.43. The second kappa shape index (κ2) is 3.95. The molecular weight excluding hydrogens is 246 g/mol. The lowest BCUT2D eigenvalue weighted by atomic mass is 9.79. The average molecular weight is 269 g/mol. The zero-order valence-corrected chi connectivity index (χ0v) is 11.7. The summed E-state index contributed by atoms with van der Waals surface area (Å²) in [4.78, 5) is 0. The van der Waals surface area contributed by atoms with Gasteiger partial charge in [0.05, 0.1) is 11.5 Å². The van der Waals surface area contributed by atoms with Crippen molar-refractivity contribution < 1.29 is 8.42 Å². The summed E-state index contributed by atoms with van der Waals surface area (Å²) in [5, 5.41) is 3.70. The molecule has 3 nitrogen and oxygen atoms in total. The molecule has 0 aromatic rings. The number of sulfone groups is 1. The summed E-state index contributed by atoms with van der Waals surface area (Å²) in [5.74, 6) is 4.61. The largest absolute Gasteiger partial charge is 0.310 e. The first-order valence-corrected chi connectivity index (χ1v) is 9.41. The number of fused-ring (bicyclic) bond motifs is 5. The van der Waals surface area contributed by atoms with Crippen LogP contribution < -0.4 is 5.32 Å². The Morgan fingerprint density at radius 3 is 2.56 bits per heavy atom. The number of hydrogen-bond acceptors (Lipinski definition) is 3. The Labute approximate surface area is 110 Å². The van der Waals surface area contributed by atoms with E-state index in [1.807, 2.05) is 0 Å². The fourth-order valence-electron chi connectivity index (χ4n) is 5.49. The SMILES string of the molecule is O=S1(=O)CCC(NC2CC3CC2C2CCCC32)C1. The molecule has 4 fully saturated rings. The van der Waals surface area contributed by atoms with Crippen molar-refractivity contribution in [2.75, 3.05) is 11.5 Å². The van der Waals surface area contributed by atoms with Crippen molar-refractivity contribution in [3.05, 3.63) is 0 Å². The molecule has 2 bridgehead atoms. The average Bonchev–Trinajstić information content (AvgIpc) is 2.99. The maximum Gasteiger partial charge on any atom is 0.151 e. The summed E-state index contributed by atoms with van der Waals surface area (Å²) < 4.78 is 23.0. The summed E-state index contributed by atoms with van der Waals surface area (Å²) in [6.07, 6.45) is 7.93. The molecule has 3 aliphatic carbocycles. The van der Waals surface area contributed by atoms with Gasteiger partial charge in [-0.15, -0.1) is 0 Å². The summed E-state index contributed by atoms with van der Waals surface area (Å²) >= 11 is 0. The molecule has 0 aromatic carbocycles. The fourth-order valence-corrected chi connectivity index (χ4v) is 7.18. The van der Waals surface area contributed by atoms with Crippen LogP contribution in [0.4, 0.5) is 0 Å². The topological polar surface area (TPSA) is 46.2 Å². The van der Waals surface area contributed by atoms with Gasteiger partial charge in [0.1, 0.15) is 0 Å². The molecule has 3 saturated carbocycles. The molecular formula is C14H23NO2S. The smallest absolute Gasteiger partial charge is 0.151 e. The molecule has 1 saturated heterocycles. The van der Waals surface area contributed by atoms with E-state index in [0.717, 1.165) is 30.1 Å². The molecule has 102 valence electrons. The van der Waals surface area contributed by atoms with Crippen LogP contribution >= 0.6 is 0 Å². The highest BCUT2D eigenvalue weighted by Gasteiger charge is 2.54. The van der Waals surface area contributed by atoms with Crippen molar-refractivity contribution in [1.82, 2.24) is 5.32 Å². The number of nitrogens with one attached hydrogen (secondary N) is 1. The van der Waals surface area contributed by atoms with Gasteiger partial charge in [0.15, 0.2) is 9.84 Å². The minimum Gasteiger partial charge on any atom is -0.310 e. The third-order valence-corrected chi connectivity index (χ3v) is 7.88. The highest BCUT2D eigenvalue weighted by atomic mass is 32.2. The third kappa shape index (κ3) is 1.75. The standard InChI is InChI=1S/C14H23NO2S/c16-18(17)5-4-10(8-18)15-14-7-9-6-13(14)12-3-1-2-11(9)12/h9-15H,1-8H2. The molecule has 6 unspecified atom stereocenters. The van der Waals surface area contributed by atoms with Crippen molar-refractivity contribution in [2.24, 2.45) is 23.7 Å². The Morgan fingerprint density at radius 2 is 1.78 bits per heavy atom. The first-order chi connectivity index (χ1) is 8.62. The van der Waals surface area contributed by atoms with Gasteiger partial charge < -0.3 is 5.32 Å². The van der Waals surface area contributed by atoms with E-state index in [2.05, 4.69) is 5.32 Å². The van der Waals surface area contributed by atoms with Crippen LogP contribution in [0.25, 0.3) is 0 Å². The van der Waals surface area contributed by atoms with Crippen LogP contribution in [0.2, 0.25) is 0 Å². The van der Waals surface area contributed by atoms with Crippen molar-refractivity contribution in [2.45, 2.75) is 50.6 Å². The van der Waals surface area contributed by atoms with E-state index in [-0.39, 0.29) is 6.04 Å². The van der Waals surface area contributed by atoms with E-state index in [1.54, 1.807) is 0 Å². The van der Waals surface area contributed by atoms with Gasteiger partial charge in [-0.1, -0.05) is 6.42 Å². The van der Waals surface area contributed by atoms with Crippen molar-refractivity contribution in [3.8, 4) is 0 Å². The summed E-state index contributed by atoms with van der Waals surface area (Å²) in [6.45, 7) is 0. The number of hydrogen-bond donors (Lipinski definition) is 1. The first-order valence-electron chi connectivity index (χ1n) is 7.59. The minimum atomic E-state index is -2.73. The monoisotopic (exact) mass is 269 g/mol. The molecule has 1 aliphatic heterocycles. The van der Waals surface area contributed by atoms with E-state index >= 15 is 0 Å². The molecule has 1 heterocycles. The highest BCUT2D eigenvalue weighted by molar-refractivity contribution is 7.91. The van der Waals surface area contributed by atoms with Crippen LogP contribution in [-0.2, 0) is 9.84 Å². The lowest BCUT2D eigenvalue weighted by Crippen LogP contribution is -2.45. The Hall–Kier alpha value is -0.0900. The fraction of sp³-hybridized carbons (Fsp3) is 1.00. The highest BCUT2D eigenvalue weighted by Crippen LogP contribution is 2.58. The van der Waals surface area contributed by atoms with Gasteiger partial charge in [-0.05, 0) is 55.8 Å². The van der Waals surface area contributed by atoms with Crippen LogP contribution in [0, 0.1) is 23.7 Å². The van der Waals surface area contributed by atoms with E-state index in [4.69, 9.17) is 0 Å². The van der Waals surface area contributed by atoms with Crippen molar-refractivity contribution in [3.63, 3.8) is 0 Å². The second-order valence-electron chi connectivity index (χ2n) is 7.03. The molecule has 0 radical (unpaired) electrons. The van der Waals surface area contributed by atoms with Crippen molar-refractivity contribution >= 4 is 9.84 Å². The normalized spacial score (nSPS) is 52.9. The molecule has 4 aliphatic rings. The van der Waals surface area contributed by atoms with Crippen molar-refractivity contribution in [1.29, 1.82) is 0 Å². The Bertz CT molecular complexity index is 447. The molecule has 4 heteroatoms. The van der Waals surface area contributed by atoms with E-state index < -0.39 is 9.84 Å². The molecule has 1 N–H and O–H groups in total. The summed E-state index contributed by atoms with van der Waals surface area (Å²) in [6, 6.07) is 0.881. The molecule has 6 atom stereocenters. The van der Waals surface area contributed by atoms with Crippen LogP contribution in [0.15, 0.2) is 0 Å². The Kier molecular flexibility index (Phi) is 2.57. The van der Waals surface area contributed by atoms with Gasteiger partial charge >= 0.3 is 0 Å². The third-order valence-electron chi connectivity index (χ3n) is 6.11. The van der Waals surface area contributed by atoms with E-state index in [1.165, 1.54) is 32.1 Å². The summed E-state index contributed by atoms with van der Waals surface area (Å²) in [5.41, 5.74) is 0. The first kappa shape index (κ1) is 11.7. The van der Waals surface area contributed by atoms with Crippen LogP contribution in [0.3, 0.4) is 0 Å². The van der Waals surface area contributed by atoms with Gasteiger partial charge in [-0.2, -0.15) is 0 Å². The van der Waals surface area contributed by atoms with Gasteiger partial charge in [0.25, 0.3) is 0 Å². The molecule has 0 aromatic heterocycles. The zero-order valence-electron chi connectivity index (χ0n) is 10.8. The second-order valence-corrected chi connectivity index (χ2v) is 9.26. The molecule has 0 amide bonds. The van der Waals surface area contributed by atoms with Crippen LogP contribution in [0.5, 0.6) is 0 Å². The van der Waals surface area contributed by atoms with Crippen LogP contribution in [-0.4, -0.2) is 32.0 Å². The lowest BCUT2D eigenvalue weighted by Gasteiger charge is -2.33. The van der Waals surface area contributed by atoms with Gasteiger partial charge in [-0.25, -0.2) is 8.42 Å². The van der Waals surface area contributed by atoms with E-state index in [9.17, 15) is 8.42 Å². The summed E-state index contributed by atoms with van der Waals surface area (Å²) in [7, 11) is -2.73. The van der Waals surface area contributed by atoms with Crippen LogP contribution in [0.1, 0.15) is 38.5 Å². The maximum atomic E-state index is 11.5. The predicted octanol–water partition coefficient (Wildman–Crippen LogP) is 1.59. The van der Waals surface area contributed by atoms with Gasteiger partial charge in [0, 0.05) is 12.1 Å². The number of rotatable bonds is 2. The quantitative estimate of drug-likeness (QED) is 0.828. The zero-order chi connectivity index (χ0) is 12.3. The minimum absolute atomic E-state index is 0.249. The Morgan fingerprint density at radius 1 is 0.944 bits per heavy atom. The molecule has 4 rings (SSSR count). The molecule has 18 heavy (non-hydrogen) atoms. The predicted molar refractivity (Wildman–Crippen MR) is 71.0 cm³/mol. The molecule has 0 spiro atoms. The van der Waals surface area contributed by atoms with Gasteiger partial charge in [-0.3, -0.25) is 0 Å². The lowest BCUT2D eigenvalue weighted by molar-refractivity contribution is 0.200.